The summed E-state index contributed by atoms with van der Waals surface area (Å²) in [6.07, 6.45) is 0. The van der Waals surface area contributed by atoms with Crippen molar-refractivity contribution in [3.8, 4) is 11.5 Å². The maximum absolute atomic E-state index is 13.1. The van der Waals surface area contributed by atoms with E-state index in [4.69, 9.17) is 13.9 Å². The molecule has 2 aliphatic heterocycles. The van der Waals surface area contributed by atoms with Gasteiger partial charge in [-0.1, -0.05) is 24.3 Å². The summed E-state index contributed by atoms with van der Waals surface area (Å²) in [6.45, 7) is 3.94. The van der Waals surface area contributed by atoms with Crippen LogP contribution >= 0.6 is 0 Å². The summed E-state index contributed by atoms with van der Waals surface area (Å²) in [6, 6.07) is 13.5. The highest BCUT2D eigenvalue weighted by molar-refractivity contribution is 6.09. The molecule has 4 amide bonds. The molecular formula is C24H23N3O6. The van der Waals surface area contributed by atoms with Gasteiger partial charge >= 0.3 is 6.03 Å². The maximum Gasteiger partial charge on any atom is 0.325 e. The summed E-state index contributed by atoms with van der Waals surface area (Å²) in [5.41, 5.74) is 0.0369. The number of ether oxygens (including phenoxy) is 2. The molecule has 9 nitrogen and oxygen atoms in total. The van der Waals surface area contributed by atoms with Gasteiger partial charge in [-0.05, 0) is 43.7 Å². The number of imide groups is 1. The minimum absolute atomic E-state index is 0.314. The van der Waals surface area contributed by atoms with Gasteiger partial charge in [-0.15, -0.1) is 0 Å². The molecule has 0 bridgehead atoms. The van der Waals surface area contributed by atoms with Crippen LogP contribution in [0.15, 0.2) is 52.9 Å². The first-order valence-corrected chi connectivity index (χ1v) is 10.7. The van der Waals surface area contributed by atoms with Crippen molar-refractivity contribution in [1.29, 1.82) is 0 Å². The molecule has 1 fully saturated rings. The lowest BCUT2D eigenvalue weighted by molar-refractivity contribution is -0.135. The molecule has 2 aliphatic rings. The zero-order valence-corrected chi connectivity index (χ0v) is 18.2. The van der Waals surface area contributed by atoms with E-state index >= 15 is 0 Å². The van der Waals surface area contributed by atoms with E-state index in [0.717, 1.165) is 15.8 Å². The van der Waals surface area contributed by atoms with E-state index in [1.165, 1.54) is 0 Å². The third-order valence-electron chi connectivity index (χ3n) is 5.94. The number of urea groups is 1. The fourth-order valence-electron chi connectivity index (χ4n) is 4.08. The number of fused-ring (bicyclic) bond motifs is 2. The van der Waals surface area contributed by atoms with Crippen LogP contribution in [0.3, 0.4) is 0 Å². The van der Waals surface area contributed by atoms with E-state index in [1.807, 2.05) is 37.3 Å². The minimum atomic E-state index is -1.39. The normalized spacial score (nSPS) is 20.6. The van der Waals surface area contributed by atoms with E-state index in [-0.39, 0.29) is 6.04 Å². The fraction of sp³-hybridized carbons (Fsp3) is 0.292. The van der Waals surface area contributed by atoms with Gasteiger partial charge in [0.25, 0.3) is 5.91 Å². The van der Waals surface area contributed by atoms with Crippen molar-refractivity contribution < 1.29 is 28.3 Å². The highest BCUT2D eigenvalue weighted by Crippen LogP contribution is 2.34. The van der Waals surface area contributed by atoms with Crippen LogP contribution in [0, 0.1) is 0 Å². The molecule has 170 valence electrons. The Morgan fingerprint density at radius 1 is 1.12 bits per heavy atom. The van der Waals surface area contributed by atoms with Crippen LogP contribution in [-0.2, 0) is 15.1 Å². The number of para-hydroxylation sites is 1. The number of amides is 4. The third kappa shape index (κ3) is 3.65. The van der Waals surface area contributed by atoms with E-state index < -0.39 is 29.9 Å². The van der Waals surface area contributed by atoms with Crippen molar-refractivity contribution in [2.75, 3.05) is 19.8 Å². The van der Waals surface area contributed by atoms with Crippen molar-refractivity contribution >= 4 is 28.8 Å². The summed E-state index contributed by atoms with van der Waals surface area (Å²) in [5.74, 6) is 0.585. The standard InChI is InChI=1S/C24H23N3O6/c1-14(15-7-8-18-19(11-15)32-10-9-31-18)25-21(28)13-27-22(29)24(2,26-23(27)30)20-12-16-5-3-4-6-17(16)33-20/h3-8,11-12,14H,9-10,13H2,1-2H3,(H,25,28)(H,26,30). The lowest BCUT2D eigenvalue weighted by Crippen LogP contribution is -2.43. The number of carbonyl (C=O) groups excluding carboxylic acids is 3. The maximum atomic E-state index is 13.1. The molecule has 0 aliphatic carbocycles. The molecule has 5 rings (SSSR count). The van der Waals surface area contributed by atoms with Gasteiger partial charge in [-0.2, -0.15) is 0 Å². The molecule has 2 unspecified atom stereocenters. The first-order valence-electron chi connectivity index (χ1n) is 10.7. The Morgan fingerprint density at radius 3 is 2.67 bits per heavy atom. The molecule has 3 aromatic rings. The molecule has 1 saturated heterocycles. The van der Waals surface area contributed by atoms with Crippen molar-refractivity contribution in [3.05, 3.63) is 59.9 Å². The molecule has 1 aromatic heterocycles. The highest BCUT2D eigenvalue weighted by Gasteiger charge is 2.51. The topological polar surface area (TPSA) is 110 Å². The summed E-state index contributed by atoms with van der Waals surface area (Å²) in [4.78, 5) is 39.3. The van der Waals surface area contributed by atoms with Gasteiger partial charge in [0.05, 0.1) is 6.04 Å². The Bertz CT molecular complexity index is 1240. The molecule has 3 heterocycles. The van der Waals surface area contributed by atoms with Crippen LogP contribution in [0.25, 0.3) is 11.0 Å². The largest absolute Gasteiger partial charge is 0.486 e. The van der Waals surface area contributed by atoms with E-state index in [2.05, 4.69) is 10.6 Å². The van der Waals surface area contributed by atoms with Crippen LogP contribution in [0.5, 0.6) is 11.5 Å². The fourth-order valence-corrected chi connectivity index (χ4v) is 4.08. The van der Waals surface area contributed by atoms with E-state index in [0.29, 0.717) is 36.1 Å². The van der Waals surface area contributed by atoms with Gasteiger partial charge in [-0.3, -0.25) is 14.5 Å². The van der Waals surface area contributed by atoms with E-state index in [9.17, 15) is 14.4 Å². The van der Waals surface area contributed by atoms with Crippen molar-refractivity contribution in [3.63, 3.8) is 0 Å². The lowest BCUT2D eigenvalue weighted by Gasteiger charge is -2.22. The molecule has 0 radical (unpaired) electrons. The van der Waals surface area contributed by atoms with Crippen molar-refractivity contribution in [2.24, 2.45) is 0 Å². The van der Waals surface area contributed by atoms with E-state index in [1.54, 1.807) is 25.1 Å². The zero-order valence-electron chi connectivity index (χ0n) is 18.2. The van der Waals surface area contributed by atoms with Crippen molar-refractivity contribution in [1.82, 2.24) is 15.5 Å². The molecule has 9 heteroatoms. The predicted octanol–water partition coefficient (Wildman–Crippen LogP) is 2.85. The van der Waals surface area contributed by atoms with Gasteiger partial charge < -0.3 is 24.5 Å². The Kier molecular flexibility index (Phi) is 4.96. The second-order valence-electron chi connectivity index (χ2n) is 8.29. The average molecular weight is 449 g/mol. The molecule has 2 atom stereocenters. The number of nitrogens with one attached hydrogen (secondary N) is 2. The number of rotatable bonds is 5. The van der Waals surface area contributed by atoms with Gasteiger partial charge in [0, 0.05) is 5.39 Å². The Balaban J connectivity index is 1.28. The Labute approximate surface area is 189 Å². The second kappa shape index (κ2) is 7.84. The zero-order chi connectivity index (χ0) is 23.2. The quantitative estimate of drug-likeness (QED) is 0.580. The number of hydrogen-bond donors (Lipinski definition) is 2. The SMILES string of the molecule is CC(NC(=O)CN1C(=O)NC(C)(c2cc3ccccc3o2)C1=O)c1ccc2c(c1)OCCO2. The molecule has 0 saturated carbocycles. The molecular weight excluding hydrogens is 426 g/mol. The van der Waals surface area contributed by atoms with Gasteiger partial charge in [0.2, 0.25) is 5.91 Å². The van der Waals surface area contributed by atoms with Crippen LogP contribution in [0.2, 0.25) is 0 Å². The molecule has 2 N–H and O–H groups in total. The van der Waals surface area contributed by atoms with Crippen LogP contribution in [0.1, 0.15) is 31.2 Å². The molecule has 2 aromatic carbocycles. The molecule has 33 heavy (non-hydrogen) atoms. The number of carbonyl (C=O) groups is 3. The number of furan rings is 1. The van der Waals surface area contributed by atoms with Crippen LogP contribution in [0.4, 0.5) is 4.79 Å². The monoisotopic (exact) mass is 449 g/mol. The number of hydrogen-bond acceptors (Lipinski definition) is 6. The summed E-state index contributed by atoms with van der Waals surface area (Å²) < 4.78 is 16.9. The second-order valence-corrected chi connectivity index (χ2v) is 8.29. The first-order chi connectivity index (χ1) is 15.8. The third-order valence-corrected chi connectivity index (χ3v) is 5.94. The highest BCUT2D eigenvalue weighted by atomic mass is 16.6. The summed E-state index contributed by atoms with van der Waals surface area (Å²) >= 11 is 0. The summed E-state index contributed by atoms with van der Waals surface area (Å²) in [7, 11) is 0. The Morgan fingerprint density at radius 2 is 1.88 bits per heavy atom. The van der Waals surface area contributed by atoms with Crippen LogP contribution < -0.4 is 20.1 Å². The van der Waals surface area contributed by atoms with Gasteiger partial charge in [0.1, 0.15) is 31.1 Å². The first kappa shape index (κ1) is 20.9. The van der Waals surface area contributed by atoms with Gasteiger partial charge in [-0.25, -0.2) is 4.79 Å². The number of nitrogens with zero attached hydrogens (tertiary/aromatic N) is 1. The van der Waals surface area contributed by atoms with Crippen molar-refractivity contribution in [2.45, 2.75) is 25.4 Å². The van der Waals surface area contributed by atoms with Gasteiger partial charge in [0.15, 0.2) is 17.0 Å². The Hall–Kier alpha value is -4.01. The van der Waals surface area contributed by atoms with Crippen LogP contribution in [-0.4, -0.2) is 42.5 Å². The smallest absolute Gasteiger partial charge is 0.325 e. The predicted molar refractivity (Wildman–Crippen MR) is 118 cm³/mol. The molecule has 0 spiro atoms. The summed E-state index contributed by atoms with van der Waals surface area (Å²) in [5, 5.41) is 6.31. The average Bonchev–Trinajstić information content (AvgIpc) is 3.34. The minimum Gasteiger partial charge on any atom is -0.486 e. The lowest BCUT2D eigenvalue weighted by atomic mass is 9.99. The number of benzene rings is 2.